The minimum atomic E-state index is 0.966. The van der Waals surface area contributed by atoms with Crippen LogP contribution in [0.5, 0.6) is 0 Å². The molecule has 1 N–H and O–H groups in total. The molecule has 1 aliphatic rings. The van der Waals surface area contributed by atoms with Gasteiger partial charge in [-0.25, -0.2) is 0 Å². The maximum absolute atomic E-state index is 3.43. The van der Waals surface area contributed by atoms with Gasteiger partial charge < -0.3 is 5.32 Å². The van der Waals surface area contributed by atoms with Crippen LogP contribution in [0.2, 0.25) is 0 Å². The van der Waals surface area contributed by atoms with E-state index < -0.39 is 0 Å². The van der Waals surface area contributed by atoms with Crippen molar-refractivity contribution in [3.63, 3.8) is 0 Å². The Bertz CT molecular complexity index is 552. The molecule has 0 spiro atoms. The van der Waals surface area contributed by atoms with Gasteiger partial charge in [-0.05, 0) is 28.8 Å². The summed E-state index contributed by atoms with van der Waals surface area (Å²) in [6.07, 6.45) is 0. The van der Waals surface area contributed by atoms with Gasteiger partial charge in [-0.1, -0.05) is 55.5 Å². The number of nitrogens with one attached hydrogen (secondary N) is 1. The average Bonchev–Trinajstić information content (AvgIpc) is 2.88. The average molecular weight is 266 g/mol. The first-order valence-electron chi connectivity index (χ1n) is 7.43. The Morgan fingerprint density at radius 2 is 1.50 bits per heavy atom. The van der Waals surface area contributed by atoms with Crippen molar-refractivity contribution in [2.24, 2.45) is 0 Å². The van der Waals surface area contributed by atoms with Crippen molar-refractivity contribution in [2.75, 3.05) is 6.54 Å². The lowest BCUT2D eigenvalue weighted by atomic mass is 10.1. The van der Waals surface area contributed by atoms with E-state index >= 15 is 0 Å². The number of nitrogens with zero attached hydrogens (tertiary/aromatic N) is 1. The second-order valence-electron chi connectivity index (χ2n) is 5.46. The van der Waals surface area contributed by atoms with E-state index in [4.69, 9.17) is 0 Å². The van der Waals surface area contributed by atoms with Gasteiger partial charge in [0, 0.05) is 26.2 Å². The summed E-state index contributed by atoms with van der Waals surface area (Å²) in [5, 5.41) is 3.43. The quantitative estimate of drug-likeness (QED) is 0.893. The predicted molar refractivity (Wildman–Crippen MR) is 83.2 cm³/mol. The molecule has 0 aromatic heterocycles. The zero-order valence-electron chi connectivity index (χ0n) is 12.1. The van der Waals surface area contributed by atoms with Crippen molar-refractivity contribution < 1.29 is 0 Å². The molecule has 0 fully saturated rings. The fourth-order valence-corrected chi connectivity index (χ4v) is 2.90. The molecule has 104 valence electrons. The van der Waals surface area contributed by atoms with Gasteiger partial charge in [-0.15, -0.1) is 0 Å². The minimum Gasteiger partial charge on any atom is -0.313 e. The lowest BCUT2D eigenvalue weighted by Gasteiger charge is -2.17. The molecule has 1 aliphatic heterocycles. The second-order valence-corrected chi connectivity index (χ2v) is 5.46. The summed E-state index contributed by atoms with van der Waals surface area (Å²) < 4.78 is 0. The first-order chi connectivity index (χ1) is 9.86. The van der Waals surface area contributed by atoms with Gasteiger partial charge in [0.15, 0.2) is 0 Å². The van der Waals surface area contributed by atoms with Crippen molar-refractivity contribution in [1.82, 2.24) is 10.2 Å². The summed E-state index contributed by atoms with van der Waals surface area (Å²) in [5.41, 5.74) is 5.83. The van der Waals surface area contributed by atoms with Crippen molar-refractivity contribution >= 4 is 0 Å². The number of fused-ring (bicyclic) bond motifs is 1. The van der Waals surface area contributed by atoms with Gasteiger partial charge in [0.05, 0.1) is 0 Å². The smallest absolute Gasteiger partial charge is 0.0244 e. The third kappa shape index (κ3) is 2.92. The number of hydrogen-bond donors (Lipinski definition) is 1. The van der Waals surface area contributed by atoms with E-state index in [0.717, 1.165) is 32.7 Å². The molecule has 0 amide bonds. The van der Waals surface area contributed by atoms with Gasteiger partial charge in [0.1, 0.15) is 0 Å². The Kier molecular flexibility index (Phi) is 4.14. The topological polar surface area (TPSA) is 15.3 Å². The molecule has 0 saturated carbocycles. The first-order valence-corrected chi connectivity index (χ1v) is 7.43. The van der Waals surface area contributed by atoms with Gasteiger partial charge >= 0.3 is 0 Å². The minimum absolute atomic E-state index is 0.966. The highest BCUT2D eigenvalue weighted by Gasteiger charge is 2.18. The van der Waals surface area contributed by atoms with Crippen LogP contribution in [0.3, 0.4) is 0 Å². The van der Waals surface area contributed by atoms with Crippen LogP contribution in [0, 0.1) is 0 Å². The molecular formula is C18H22N2. The van der Waals surface area contributed by atoms with Crippen LogP contribution in [0.4, 0.5) is 0 Å². The summed E-state index contributed by atoms with van der Waals surface area (Å²) in [4.78, 5) is 2.52. The molecule has 0 saturated heterocycles. The molecule has 20 heavy (non-hydrogen) atoms. The zero-order valence-corrected chi connectivity index (χ0v) is 12.1. The Hall–Kier alpha value is -1.64. The fourth-order valence-electron chi connectivity index (χ4n) is 2.90. The highest BCUT2D eigenvalue weighted by molar-refractivity contribution is 5.32. The monoisotopic (exact) mass is 266 g/mol. The van der Waals surface area contributed by atoms with E-state index in [9.17, 15) is 0 Å². The van der Waals surface area contributed by atoms with Gasteiger partial charge in [-0.2, -0.15) is 0 Å². The molecule has 3 rings (SSSR count). The van der Waals surface area contributed by atoms with Crippen LogP contribution in [-0.2, 0) is 26.2 Å². The number of hydrogen-bond acceptors (Lipinski definition) is 2. The normalized spacial score (nSPS) is 14.4. The molecule has 0 radical (unpaired) electrons. The highest BCUT2D eigenvalue weighted by atomic mass is 15.1. The van der Waals surface area contributed by atoms with Crippen molar-refractivity contribution in [1.29, 1.82) is 0 Å². The van der Waals surface area contributed by atoms with E-state index in [1.807, 2.05) is 0 Å². The zero-order chi connectivity index (χ0) is 13.8. The maximum atomic E-state index is 3.43. The molecule has 0 aliphatic carbocycles. The van der Waals surface area contributed by atoms with Gasteiger partial charge in [-0.3, -0.25) is 4.90 Å². The molecule has 2 aromatic carbocycles. The third-order valence-electron chi connectivity index (χ3n) is 3.98. The summed E-state index contributed by atoms with van der Waals surface area (Å²) in [6.45, 7) is 7.32. The van der Waals surface area contributed by atoms with Crippen LogP contribution in [0.25, 0.3) is 0 Å². The predicted octanol–water partition coefficient (Wildman–Crippen LogP) is 3.31. The lowest BCUT2D eigenvalue weighted by molar-refractivity contribution is 0.274. The van der Waals surface area contributed by atoms with E-state index in [-0.39, 0.29) is 0 Å². The van der Waals surface area contributed by atoms with E-state index in [0.29, 0.717) is 0 Å². The van der Waals surface area contributed by atoms with Crippen molar-refractivity contribution in [3.8, 4) is 0 Å². The van der Waals surface area contributed by atoms with Gasteiger partial charge in [0.25, 0.3) is 0 Å². The highest BCUT2D eigenvalue weighted by Crippen LogP contribution is 2.24. The van der Waals surface area contributed by atoms with E-state index in [1.165, 1.54) is 22.3 Å². The van der Waals surface area contributed by atoms with Crippen LogP contribution >= 0.6 is 0 Å². The van der Waals surface area contributed by atoms with Crippen molar-refractivity contribution in [2.45, 2.75) is 33.1 Å². The first kappa shape index (κ1) is 13.3. The Morgan fingerprint density at radius 1 is 0.900 bits per heavy atom. The molecule has 0 bridgehead atoms. The molecule has 2 aromatic rings. The molecule has 2 heteroatoms. The summed E-state index contributed by atoms with van der Waals surface area (Å²) in [6, 6.07) is 17.6. The molecule has 0 unspecified atom stereocenters. The van der Waals surface area contributed by atoms with Crippen LogP contribution in [-0.4, -0.2) is 11.4 Å². The standard InChI is InChI=1S/C18H22N2/c1-2-19-11-15-7-3-4-8-16(15)12-20-13-17-9-5-6-10-18(17)14-20/h3-10,19H,2,11-14H2,1H3. The molecule has 0 atom stereocenters. The molecular weight excluding hydrogens is 244 g/mol. The lowest BCUT2D eigenvalue weighted by Crippen LogP contribution is -2.19. The van der Waals surface area contributed by atoms with Crippen LogP contribution in [0.15, 0.2) is 48.5 Å². The number of rotatable bonds is 5. The maximum Gasteiger partial charge on any atom is 0.0244 e. The Morgan fingerprint density at radius 3 is 2.15 bits per heavy atom. The van der Waals surface area contributed by atoms with E-state index in [2.05, 4.69) is 65.7 Å². The third-order valence-corrected chi connectivity index (χ3v) is 3.98. The van der Waals surface area contributed by atoms with Crippen LogP contribution < -0.4 is 5.32 Å². The molecule has 1 heterocycles. The SMILES string of the molecule is CCNCc1ccccc1CN1Cc2ccccc2C1. The Balaban J connectivity index is 1.70. The molecule has 2 nitrogen and oxygen atoms in total. The summed E-state index contributed by atoms with van der Waals surface area (Å²) in [7, 11) is 0. The van der Waals surface area contributed by atoms with Crippen LogP contribution in [0.1, 0.15) is 29.2 Å². The largest absolute Gasteiger partial charge is 0.313 e. The number of benzene rings is 2. The summed E-state index contributed by atoms with van der Waals surface area (Å²) in [5.74, 6) is 0. The van der Waals surface area contributed by atoms with Gasteiger partial charge in [0.2, 0.25) is 0 Å². The fraction of sp³-hybridized carbons (Fsp3) is 0.333. The second kappa shape index (κ2) is 6.21. The van der Waals surface area contributed by atoms with E-state index in [1.54, 1.807) is 0 Å². The van der Waals surface area contributed by atoms with Crippen molar-refractivity contribution in [3.05, 3.63) is 70.8 Å². The summed E-state index contributed by atoms with van der Waals surface area (Å²) >= 11 is 0. The Labute approximate surface area is 121 Å².